The molecule has 3 heteroatoms. The van der Waals surface area contributed by atoms with Gasteiger partial charge in [0.2, 0.25) is 0 Å². The smallest absolute Gasteiger partial charge is 0.134 e. The third-order valence-electron chi connectivity index (χ3n) is 4.31. The van der Waals surface area contributed by atoms with Crippen LogP contribution in [-0.4, -0.2) is 11.4 Å². The summed E-state index contributed by atoms with van der Waals surface area (Å²) in [7, 11) is 0. The molecule has 0 spiro atoms. The first-order valence-corrected chi connectivity index (χ1v) is 8.10. The van der Waals surface area contributed by atoms with Crippen molar-refractivity contribution in [2.45, 2.75) is 6.42 Å². The van der Waals surface area contributed by atoms with Gasteiger partial charge < -0.3 is 14.3 Å². The van der Waals surface area contributed by atoms with Crippen LogP contribution < -0.4 is 0 Å². The highest BCUT2D eigenvalue weighted by atomic mass is 16.3. The average Bonchev–Trinajstić information content (AvgIpc) is 3.01. The largest absolute Gasteiger partial charge is 0.508 e. The zero-order valence-electron chi connectivity index (χ0n) is 13.5. The first-order chi connectivity index (χ1) is 12.3. The van der Waals surface area contributed by atoms with E-state index in [1.165, 1.54) is 0 Å². The van der Waals surface area contributed by atoms with Crippen LogP contribution in [0.25, 0.3) is 33.2 Å². The van der Waals surface area contributed by atoms with Crippen molar-refractivity contribution in [1.29, 1.82) is 0 Å². The van der Waals surface area contributed by atoms with Crippen molar-refractivity contribution in [3.8, 4) is 28.0 Å². The maximum atomic E-state index is 11.0. The Morgan fingerprint density at radius 1 is 0.800 bits per heavy atom. The van der Waals surface area contributed by atoms with Crippen molar-refractivity contribution in [3.63, 3.8) is 0 Å². The number of aromatic hydroxyl groups is 1. The van der Waals surface area contributed by atoms with Crippen LogP contribution >= 0.6 is 0 Å². The van der Waals surface area contributed by atoms with Gasteiger partial charge in [-0.3, -0.25) is 0 Å². The van der Waals surface area contributed by atoms with Crippen LogP contribution in [0.5, 0.6) is 5.75 Å². The summed E-state index contributed by atoms with van der Waals surface area (Å²) in [5, 5.41) is 10.4. The monoisotopic (exact) mass is 328 g/mol. The minimum absolute atomic E-state index is 0.253. The van der Waals surface area contributed by atoms with Gasteiger partial charge in [-0.15, -0.1) is 0 Å². The Labute approximate surface area is 145 Å². The summed E-state index contributed by atoms with van der Waals surface area (Å²) in [6.07, 6.45) is 1.12. The van der Waals surface area contributed by atoms with E-state index in [4.69, 9.17) is 4.42 Å². The number of para-hydroxylation sites is 1. The molecule has 0 saturated carbocycles. The van der Waals surface area contributed by atoms with Gasteiger partial charge in [-0.25, -0.2) is 0 Å². The second-order valence-electron chi connectivity index (χ2n) is 5.89. The zero-order chi connectivity index (χ0) is 17.2. The van der Waals surface area contributed by atoms with Crippen LogP contribution in [-0.2, 0) is 11.2 Å². The van der Waals surface area contributed by atoms with E-state index in [0.29, 0.717) is 5.76 Å². The molecule has 3 nitrogen and oxygen atoms in total. The standard InChI is InChI=1S/C22H16O3/c23-14-13-21-22(19-3-1-2-4-20(19)25-21)17-7-5-15(6-8-17)16-9-11-18(24)12-10-16/h1-12,14,24H,13H2. The Bertz CT molecular complexity index is 1030. The van der Waals surface area contributed by atoms with Gasteiger partial charge in [0.1, 0.15) is 23.4 Å². The summed E-state index contributed by atoms with van der Waals surface area (Å²) in [6, 6.07) is 23.1. The molecular weight excluding hydrogens is 312 g/mol. The van der Waals surface area contributed by atoms with E-state index in [0.717, 1.165) is 39.5 Å². The quantitative estimate of drug-likeness (QED) is 0.523. The fourth-order valence-electron chi connectivity index (χ4n) is 3.12. The topological polar surface area (TPSA) is 50.4 Å². The lowest BCUT2D eigenvalue weighted by atomic mass is 9.97. The SMILES string of the molecule is O=CCc1oc2ccccc2c1-c1ccc(-c2ccc(O)cc2)cc1. The molecule has 4 aromatic rings. The van der Waals surface area contributed by atoms with Crippen molar-refractivity contribution in [2.75, 3.05) is 0 Å². The lowest BCUT2D eigenvalue weighted by Gasteiger charge is -2.05. The van der Waals surface area contributed by atoms with Crippen LogP contribution in [0.2, 0.25) is 0 Å². The Balaban J connectivity index is 1.80. The van der Waals surface area contributed by atoms with Gasteiger partial charge in [0, 0.05) is 10.9 Å². The third-order valence-corrected chi connectivity index (χ3v) is 4.31. The van der Waals surface area contributed by atoms with E-state index in [-0.39, 0.29) is 12.2 Å². The van der Waals surface area contributed by atoms with Crippen molar-refractivity contribution < 1.29 is 14.3 Å². The van der Waals surface area contributed by atoms with Crippen LogP contribution in [0, 0.1) is 0 Å². The molecular formula is C22H16O3. The number of rotatable bonds is 4. The molecule has 0 aliphatic heterocycles. The molecule has 122 valence electrons. The first-order valence-electron chi connectivity index (χ1n) is 8.10. The third kappa shape index (κ3) is 2.81. The Hall–Kier alpha value is -3.33. The van der Waals surface area contributed by atoms with Crippen LogP contribution in [0.1, 0.15) is 5.76 Å². The Kier molecular flexibility index (Phi) is 3.82. The van der Waals surface area contributed by atoms with Crippen molar-refractivity contribution >= 4 is 17.3 Å². The van der Waals surface area contributed by atoms with Gasteiger partial charge in [0.15, 0.2) is 0 Å². The molecule has 0 atom stereocenters. The predicted octanol–water partition coefficient (Wildman–Crippen LogP) is 5.21. The summed E-state index contributed by atoms with van der Waals surface area (Å²) in [6.45, 7) is 0. The minimum atomic E-state index is 0.253. The lowest BCUT2D eigenvalue weighted by Crippen LogP contribution is -1.87. The summed E-state index contributed by atoms with van der Waals surface area (Å²) < 4.78 is 5.86. The second kappa shape index (κ2) is 6.29. The van der Waals surface area contributed by atoms with Crippen molar-refractivity contribution in [3.05, 3.63) is 78.6 Å². The average molecular weight is 328 g/mol. The highest BCUT2D eigenvalue weighted by Crippen LogP contribution is 2.36. The van der Waals surface area contributed by atoms with Gasteiger partial charge >= 0.3 is 0 Å². The fourth-order valence-corrected chi connectivity index (χ4v) is 3.12. The number of phenols is 1. The lowest BCUT2D eigenvalue weighted by molar-refractivity contribution is -0.107. The molecule has 1 heterocycles. The summed E-state index contributed by atoms with van der Waals surface area (Å²) >= 11 is 0. The Morgan fingerprint density at radius 2 is 1.40 bits per heavy atom. The number of carbonyl (C=O) groups is 1. The molecule has 4 rings (SSSR count). The summed E-state index contributed by atoms with van der Waals surface area (Å²) in [5.41, 5.74) is 4.88. The summed E-state index contributed by atoms with van der Waals surface area (Å²) in [5.74, 6) is 0.942. The molecule has 0 fully saturated rings. The van der Waals surface area contributed by atoms with Crippen LogP contribution in [0.3, 0.4) is 0 Å². The number of carbonyl (C=O) groups excluding carboxylic acids is 1. The fraction of sp³-hybridized carbons (Fsp3) is 0.0455. The normalized spacial score (nSPS) is 10.9. The Morgan fingerprint density at radius 3 is 2.08 bits per heavy atom. The first kappa shape index (κ1) is 15.2. The molecule has 0 aliphatic carbocycles. The molecule has 0 bridgehead atoms. The zero-order valence-corrected chi connectivity index (χ0v) is 13.5. The number of furan rings is 1. The maximum absolute atomic E-state index is 11.0. The predicted molar refractivity (Wildman–Crippen MR) is 98.5 cm³/mol. The van der Waals surface area contributed by atoms with Crippen molar-refractivity contribution in [1.82, 2.24) is 0 Å². The maximum Gasteiger partial charge on any atom is 0.134 e. The van der Waals surface area contributed by atoms with Gasteiger partial charge in [-0.1, -0.05) is 54.6 Å². The van der Waals surface area contributed by atoms with E-state index in [2.05, 4.69) is 0 Å². The summed E-state index contributed by atoms with van der Waals surface area (Å²) in [4.78, 5) is 11.0. The van der Waals surface area contributed by atoms with E-state index in [1.807, 2.05) is 60.7 Å². The molecule has 0 radical (unpaired) electrons. The molecule has 1 N–H and O–H groups in total. The van der Waals surface area contributed by atoms with Crippen LogP contribution in [0.4, 0.5) is 0 Å². The molecule has 25 heavy (non-hydrogen) atoms. The molecule has 0 aliphatic rings. The number of hydrogen-bond acceptors (Lipinski definition) is 3. The van der Waals surface area contributed by atoms with Crippen molar-refractivity contribution in [2.24, 2.45) is 0 Å². The molecule has 0 saturated heterocycles. The number of aldehydes is 1. The number of benzene rings is 3. The number of fused-ring (bicyclic) bond motifs is 1. The number of hydrogen-bond donors (Lipinski definition) is 1. The molecule has 0 unspecified atom stereocenters. The minimum Gasteiger partial charge on any atom is -0.508 e. The number of phenolic OH excluding ortho intramolecular Hbond substituents is 1. The van der Waals surface area contributed by atoms with E-state index in [9.17, 15) is 9.90 Å². The van der Waals surface area contributed by atoms with Gasteiger partial charge in [0.25, 0.3) is 0 Å². The molecule has 3 aromatic carbocycles. The highest BCUT2D eigenvalue weighted by Gasteiger charge is 2.15. The van der Waals surface area contributed by atoms with Gasteiger partial charge in [-0.2, -0.15) is 0 Å². The van der Waals surface area contributed by atoms with Gasteiger partial charge in [0.05, 0.1) is 6.42 Å². The molecule has 1 aromatic heterocycles. The highest BCUT2D eigenvalue weighted by molar-refractivity contribution is 5.96. The van der Waals surface area contributed by atoms with E-state index >= 15 is 0 Å². The molecule has 0 amide bonds. The van der Waals surface area contributed by atoms with Gasteiger partial charge in [-0.05, 0) is 34.9 Å². The van der Waals surface area contributed by atoms with E-state index < -0.39 is 0 Å². The van der Waals surface area contributed by atoms with Crippen LogP contribution in [0.15, 0.2) is 77.2 Å². The van der Waals surface area contributed by atoms with E-state index in [1.54, 1.807) is 12.1 Å². The second-order valence-corrected chi connectivity index (χ2v) is 5.89.